The molecule has 5 heteroatoms. The molecule has 0 saturated carbocycles. The van der Waals surface area contributed by atoms with Gasteiger partial charge in [0.05, 0.1) is 0 Å². The van der Waals surface area contributed by atoms with Crippen molar-refractivity contribution in [3.8, 4) is 11.1 Å². The molecule has 2 rings (SSSR count). The zero-order valence-electron chi connectivity index (χ0n) is 6.51. The fraction of sp³-hybridized carbons (Fsp3) is 0.125. The number of fused-ring (bicyclic) bond motifs is 1. The summed E-state index contributed by atoms with van der Waals surface area (Å²) in [5.41, 5.74) is 1.90. The Hall–Kier alpha value is -1.43. The molecule has 0 unspecified atom stereocenters. The van der Waals surface area contributed by atoms with Crippen LogP contribution in [0.15, 0.2) is 18.2 Å². The molecule has 0 amide bonds. The highest BCUT2D eigenvalue weighted by Crippen LogP contribution is 2.40. The second kappa shape index (κ2) is 3.14. The molecule has 0 aromatic carbocycles. The minimum absolute atomic E-state index is 0.185. The first-order valence-corrected chi connectivity index (χ1v) is 3.40. The molecule has 0 radical (unpaired) electrons. The van der Waals surface area contributed by atoms with Gasteiger partial charge in [0, 0.05) is 5.56 Å². The van der Waals surface area contributed by atoms with Gasteiger partial charge in [-0.15, -0.1) is 0 Å². The van der Waals surface area contributed by atoms with Crippen LogP contribution in [0.5, 0.6) is 0 Å². The normalized spacial score (nSPS) is 11.3. The van der Waals surface area contributed by atoms with Gasteiger partial charge in [-0.05, 0) is 17.2 Å². The van der Waals surface area contributed by atoms with Crippen molar-refractivity contribution in [2.75, 3.05) is 0 Å². The smallest absolute Gasteiger partial charge is 0.305 e. The van der Waals surface area contributed by atoms with Crippen LogP contribution in [0.3, 0.4) is 0 Å². The number of benzene rings is 1. The highest BCUT2D eigenvalue weighted by atomic mass is 16.7. The molecule has 2 aliphatic carbocycles. The highest BCUT2D eigenvalue weighted by Gasteiger charge is 2.31. The van der Waals surface area contributed by atoms with Gasteiger partial charge in [-0.1, -0.05) is 12.1 Å². The molecule has 0 aliphatic heterocycles. The van der Waals surface area contributed by atoms with Crippen LogP contribution in [0, 0.1) is 0 Å². The Morgan fingerprint density at radius 3 is 1.85 bits per heavy atom. The van der Waals surface area contributed by atoms with Crippen LogP contribution in [0.1, 0.15) is 5.56 Å². The Bertz CT molecular complexity index is 326. The van der Waals surface area contributed by atoms with Crippen molar-refractivity contribution in [3.63, 3.8) is 0 Å². The monoisotopic (exact) mass is 184 g/mol. The summed E-state index contributed by atoms with van der Waals surface area (Å²) >= 11 is 0. The van der Waals surface area contributed by atoms with Crippen molar-refractivity contribution in [2.24, 2.45) is 0 Å². The van der Waals surface area contributed by atoms with E-state index in [-0.39, 0.29) is 12.0 Å². The molecule has 0 fully saturated rings. The molecular formula is C8H8O5. The molecule has 0 bridgehead atoms. The van der Waals surface area contributed by atoms with Crippen LogP contribution in [-0.2, 0) is 10.8 Å². The van der Waals surface area contributed by atoms with Crippen molar-refractivity contribution in [1.29, 1.82) is 0 Å². The quantitative estimate of drug-likeness (QED) is 0.352. The summed E-state index contributed by atoms with van der Waals surface area (Å²) in [5.74, 6) is -2.65. The molecule has 13 heavy (non-hydrogen) atoms. The summed E-state index contributed by atoms with van der Waals surface area (Å²) < 4.78 is 0. The average Bonchev–Trinajstić information content (AvgIpc) is 1.94. The third-order valence-corrected chi connectivity index (χ3v) is 1.69. The maximum atomic E-state index is 8.63. The van der Waals surface area contributed by atoms with Crippen molar-refractivity contribution in [3.05, 3.63) is 23.8 Å². The fourth-order valence-electron chi connectivity index (χ4n) is 1.07. The fourth-order valence-corrected chi connectivity index (χ4v) is 1.07. The van der Waals surface area contributed by atoms with E-state index in [1.165, 1.54) is 6.07 Å². The summed E-state index contributed by atoms with van der Waals surface area (Å²) in [6.45, 7) is -0.250. The predicted molar refractivity (Wildman–Crippen MR) is 42.5 cm³/mol. The lowest BCUT2D eigenvalue weighted by Crippen LogP contribution is -2.27. The zero-order chi connectivity index (χ0) is 10.1. The summed E-state index contributed by atoms with van der Waals surface area (Å²) in [6.07, 6.45) is 0. The number of hydrogen-bond donors (Lipinski definition) is 4. The molecule has 70 valence electrons. The van der Waals surface area contributed by atoms with E-state index in [0.29, 0.717) is 0 Å². The number of aliphatic hydroxyl groups is 3. The molecule has 0 heterocycles. The number of carbonyl (C=O) groups is 1. The van der Waals surface area contributed by atoms with Gasteiger partial charge < -0.3 is 20.4 Å². The van der Waals surface area contributed by atoms with Crippen LogP contribution < -0.4 is 0 Å². The van der Waals surface area contributed by atoms with Gasteiger partial charge in [0.25, 0.3) is 6.47 Å². The summed E-state index contributed by atoms with van der Waals surface area (Å²) in [5, 5.41) is 32.8. The van der Waals surface area contributed by atoms with E-state index in [0.717, 1.165) is 11.1 Å². The van der Waals surface area contributed by atoms with Crippen molar-refractivity contribution in [2.45, 2.75) is 5.97 Å². The van der Waals surface area contributed by atoms with Gasteiger partial charge in [-0.25, -0.2) is 0 Å². The van der Waals surface area contributed by atoms with Crippen molar-refractivity contribution < 1.29 is 25.2 Å². The number of hydrogen-bond acceptors (Lipinski definition) is 4. The van der Waals surface area contributed by atoms with E-state index in [1.54, 1.807) is 6.07 Å². The Labute approximate surface area is 73.5 Å². The third-order valence-electron chi connectivity index (χ3n) is 1.69. The largest absolute Gasteiger partial charge is 0.483 e. The second-order valence-corrected chi connectivity index (χ2v) is 2.50. The zero-order valence-corrected chi connectivity index (χ0v) is 6.51. The molecule has 0 aromatic rings. The second-order valence-electron chi connectivity index (χ2n) is 2.50. The van der Waals surface area contributed by atoms with Crippen molar-refractivity contribution >= 4 is 6.47 Å². The molecule has 0 spiro atoms. The first kappa shape index (κ1) is 9.66. The van der Waals surface area contributed by atoms with Gasteiger partial charge in [-0.3, -0.25) is 4.79 Å². The Morgan fingerprint density at radius 1 is 1.23 bits per heavy atom. The molecular weight excluding hydrogens is 176 g/mol. The molecule has 4 N–H and O–H groups in total. The molecule has 0 atom stereocenters. The molecule has 2 aliphatic rings. The van der Waals surface area contributed by atoms with Gasteiger partial charge >= 0.3 is 5.97 Å². The first-order valence-electron chi connectivity index (χ1n) is 3.40. The Morgan fingerprint density at radius 2 is 1.77 bits per heavy atom. The summed E-state index contributed by atoms with van der Waals surface area (Å²) in [4.78, 5) is 8.36. The average molecular weight is 184 g/mol. The van der Waals surface area contributed by atoms with Crippen LogP contribution in [0.4, 0.5) is 0 Å². The van der Waals surface area contributed by atoms with Crippen LogP contribution >= 0.6 is 0 Å². The molecule has 5 nitrogen and oxygen atoms in total. The minimum atomic E-state index is -2.65. The Balaban J connectivity index is 0.000000251. The Kier molecular flexibility index (Phi) is 2.33. The topological polar surface area (TPSA) is 98.0 Å². The van der Waals surface area contributed by atoms with E-state index in [1.807, 2.05) is 6.07 Å². The standard InChI is InChI=1S/C7H6O3.CH2O2/c8-7(9,10)6-3-4-1-2-5(4)6;2-1-3/h1-3,8-10H;1H,(H,2,3). The van der Waals surface area contributed by atoms with E-state index in [4.69, 9.17) is 25.2 Å². The molecule has 0 saturated heterocycles. The highest BCUT2D eigenvalue weighted by molar-refractivity contribution is 5.81. The van der Waals surface area contributed by atoms with Crippen LogP contribution in [0.25, 0.3) is 11.1 Å². The first-order chi connectivity index (χ1) is 6.00. The SMILES string of the molecule is O=CO.OC(O)(O)c1cc2ccc1-2. The maximum Gasteiger partial charge on any atom is 0.305 e. The van der Waals surface area contributed by atoms with E-state index in [9.17, 15) is 0 Å². The van der Waals surface area contributed by atoms with Crippen LogP contribution in [0.2, 0.25) is 0 Å². The van der Waals surface area contributed by atoms with Gasteiger partial charge in [0.2, 0.25) is 0 Å². The van der Waals surface area contributed by atoms with Gasteiger partial charge in [0.1, 0.15) is 0 Å². The van der Waals surface area contributed by atoms with E-state index < -0.39 is 5.97 Å². The van der Waals surface area contributed by atoms with Gasteiger partial charge in [0.15, 0.2) is 0 Å². The number of rotatable bonds is 1. The summed E-state index contributed by atoms with van der Waals surface area (Å²) in [6, 6.07) is 5.10. The van der Waals surface area contributed by atoms with Gasteiger partial charge in [-0.2, -0.15) is 0 Å². The lowest BCUT2D eigenvalue weighted by Gasteiger charge is -2.26. The predicted octanol–water partition coefficient (Wildman–Crippen LogP) is -0.545. The number of carboxylic acid groups (broad SMARTS) is 1. The summed E-state index contributed by atoms with van der Waals surface area (Å²) in [7, 11) is 0. The maximum absolute atomic E-state index is 8.63. The van der Waals surface area contributed by atoms with E-state index in [2.05, 4.69) is 0 Å². The third kappa shape index (κ3) is 1.67. The minimum Gasteiger partial charge on any atom is -0.483 e. The lowest BCUT2D eigenvalue weighted by molar-refractivity contribution is -0.324. The van der Waals surface area contributed by atoms with Crippen LogP contribution in [-0.4, -0.2) is 26.9 Å². The lowest BCUT2D eigenvalue weighted by atomic mass is 9.85. The molecule has 0 aromatic heterocycles. The van der Waals surface area contributed by atoms with Crippen molar-refractivity contribution in [1.82, 2.24) is 0 Å². The van der Waals surface area contributed by atoms with E-state index >= 15 is 0 Å².